The first-order chi connectivity index (χ1) is 41.5. The Bertz CT molecular complexity index is 4160. The predicted molar refractivity (Wildman–Crippen MR) is 342 cm³/mol. The molecular weight excluding hydrogens is 1080 g/mol. The van der Waals surface area contributed by atoms with Gasteiger partial charge in [0.05, 0.1) is 50.6 Å². The fourth-order valence-electron chi connectivity index (χ4n) is 9.77. The topological polar surface area (TPSA) is 134 Å². The van der Waals surface area contributed by atoms with Crippen LogP contribution in [0.3, 0.4) is 0 Å². The quantitative estimate of drug-likeness (QED) is 0.0285. The van der Waals surface area contributed by atoms with Crippen LogP contribution >= 0.6 is 8.46 Å². The summed E-state index contributed by atoms with van der Waals surface area (Å²) in [6, 6.07) is 71.3. The van der Waals surface area contributed by atoms with Crippen molar-refractivity contribution in [1.29, 1.82) is 10.5 Å². The number of benzene rings is 10. The molecule has 10 aromatic rings. The standard InChI is InChI=1S/C34H25N3O.C20H17NO2.C18H17N2O3P/c1-24-9-21-32-31(33(24)23-35)22-14-26(34(32)36-2)13-10-25-11-15-28(16-12-25)37(27-7-5-4-6-8-27)29-17-19-30(38-3)20-18-29;1-23-20-13-11-19(12-14-20)21(17-5-3-2-4-6-17)18-9-7-16(15-22)8-10-18;1-5-22-18(24-21,23-6-2)16-10-9-13-14(17(16)20-4)8-7-12(3)15(13)11-19/h4-22H,1,3H3;2-15H,1H3;7-10H,5-6H2,1-3H3. The lowest BCUT2D eigenvalue weighted by Gasteiger charge is -2.28. The Morgan fingerprint density at radius 1 is 0.494 bits per heavy atom. The molecule has 0 aromatic heterocycles. The molecule has 0 aliphatic carbocycles. The molecule has 0 saturated heterocycles. The fourth-order valence-corrected chi connectivity index (χ4v) is 10.4. The molecule has 85 heavy (non-hydrogen) atoms. The average molecular weight is 1140 g/mol. The SMILES string of the molecule is COc1ccc(N(c2ccccc2)c2ccc(C=O)cc2)cc1.[C-]#[N+]c1c(C(OCC)(OCC)P=O)ccc2c(C#N)c(C)ccc12.[C-]#[N+]c1c(C=Cc2ccc(N(c3ccccc3)c3ccc(OC)cc3)cc2)ccc2c(C#N)c(C)ccc12. The Hall–Kier alpha value is -10.7. The summed E-state index contributed by atoms with van der Waals surface area (Å²) >= 11 is 0. The highest BCUT2D eigenvalue weighted by Gasteiger charge is 2.38. The Kier molecular flexibility index (Phi) is 20.5. The zero-order valence-electron chi connectivity index (χ0n) is 47.9. The molecule has 10 aromatic carbocycles. The van der Waals surface area contributed by atoms with Crippen LogP contribution in [0.1, 0.15) is 63.1 Å². The number of carbonyl (C=O) groups excluding carboxylic acids is 1. The van der Waals surface area contributed by atoms with E-state index in [0.717, 1.165) is 84.9 Å². The van der Waals surface area contributed by atoms with Gasteiger partial charge in [-0.2, -0.15) is 10.5 Å². The summed E-state index contributed by atoms with van der Waals surface area (Å²) in [6.45, 7) is 23.3. The molecule has 10 rings (SSSR count). The number of hydrogen-bond acceptors (Lipinski definition) is 10. The molecule has 12 nitrogen and oxygen atoms in total. The minimum atomic E-state index is -1.52. The van der Waals surface area contributed by atoms with Gasteiger partial charge < -0.3 is 28.7 Å². The van der Waals surface area contributed by atoms with E-state index in [4.69, 9.17) is 32.1 Å². The number of nitriles is 2. The van der Waals surface area contributed by atoms with Crippen LogP contribution in [0.2, 0.25) is 0 Å². The Balaban J connectivity index is 0.000000174. The first-order valence-corrected chi connectivity index (χ1v) is 28.0. The second-order valence-electron chi connectivity index (χ2n) is 19.0. The summed E-state index contributed by atoms with van der Waals surface area (Å²) in [5, 5.41) is 21.9. The number of carbonyl (C=O) groups is 1. The summed E-state index contributed by atoms with van der Waals surface area (Å²) < 4.78 is 33.7. The van der Waals surface area contributed by atoms with Crippen molar-refractivity contribution >= 4 is 93.9 Å². The minimum Gasteiger partial charge on any atom is -0.497 e. The van der Waals surface area contributed by atoms with Gasteiger partial charge in [-0.25, -0.2) is 9.69 Å². The molecule has 0 fully saturated rings. The van der Waals surface area contributed by atoms with E-state index in [1.165, 1.54) is 0 Å². The van der Waals surface area contributed by atoms with Gasteiger partial charge in [0.2, 0.25) is 19.8 Å². The minimum absolute atomic E-state index is 0.280. The van der Waals surface area contributed by atoms with Gasteiger partial charge in [-0.15, -0.1) is 0 Å². The highest BCUT2D eigenvalue weighted by Crippen LogP contribution is 2.46. The van der Waals surface area contributed by atoms with E-state index in [9.17, 15) is 19.9 Å². The van der Waals surface area contributed by atoms with Crippen molar-refractivity contribution < 1.29 is 28.3 Å². The van der Waals surface area contributed by atoms with Crippen LogP contribution in [0.25, 0.3) is 43.4 Å². The highest BCUT2D eigenvalue weighted by molar-refractivity contribution is 7.25. The van der Waals surface area contributed by atoms with Crippen molar-refractivity contribution in [2.45, 2.75) is 33.2 Å². The predicted octanol–water partition coefficient (Wildman–Crippen LogP) is 19.2. The molecule has 0 N–H and O–H groups in total. The van der Waals surface area contributed by atoms with Gasteiger partial charge in [0.1, 0.15) is 17.8 Å². The number of rotatable bonds is 17. The molecule has 0 atom stereocenters. The number of ether oxygens (including phenoxy) is 4. The number of para-hydroxylation sites is 2. The molecule has 0 aliphatic heterocycles. The number of methoxy groups -OCH3 is 2. The third-order valence-corrected chi connectivity index (χ3v) is 14.7. The van der Waals surface area contributed by atoms with Crippen LogP contribution < -0.4 is 19.3 Å². The van der Waals surface area contributed by atoms with Crippen molar-refractivity contribution in [3.05, 3.63) is 274 Å². The molecular formula is C72H59N6O6P. The van der Waals surface area contributed by atoms with Gasteiger partial charge in [-0.3, -0.25) is 9.36 Å². The second kappa shape index (κ2) is 28.8. The van der Waals surface area contributed by atoms with E-state index < -0.39 is 5.53 Å². The molecule has 0 bridgehead atoms. The number of aryl methyl sites for hydroxylation is 2. The molecule has 418 valence electrons. The van der Waals surface area contributed by atoms with Crippen LogP contribution in [-0.4, -0.2) is 33.7 Å². The van der Waals surface area contributed by atoms with Gasteiger partial charge >= 0.3 is 0 Å². The number of fused-ring (bicyclic) bond motifs is 2. The maximum atomic E-state index is 11.9. The molecule has 0 heterocycles. The molecule has 0 aliphatic rings. The lowest BCUT2D eigenvalue weighted by atomic mass is 9.96. The zero-order valence-corrected chi connectivity index (χ0v) is 48.8. The smallest absolute Gasteiger partial charge is 0.269 e. The van der Waals surface area contributed by atoms with E-state index in [0.29, 0.717) is 38.7 Å². The second-order valence-corrected chi connectivity index (χ2v) is 19.8. The van der Waals surface area contributed by atoms with E-state index in [-0.39, 0.29) is 27.4 Å². The van der Waals surface area contributed by atoms with Gasteiger partial charge in [0, 0.05) is 58.5 Å². The average Bonchev–Trinajstić information content (AvgIpc) is 3.52. The van der Waals surface area contributed by atoms with Crippen LogP contribution in [0, 0.1) is 49.7 Å². The van der Waals surface area contributed by atoms with Crippen molar-refractivity contribution in [1.82, 2.24) is 0 Å². The Labute approximate surface area is 498 Å². The van der Waals surface area contributed by atoms with Crippen LogP contribution in [0.15, 0.2) is 206 Å². The summed E-state index contributed by atoms with van der Waals surface area (Å²) in [5.41, 5.74) is 11.3. The largest absolute Gasteiger partial charge is 0.497 e. The maximum absolute atomic E-state index is 11.9. The summed E-state index contributed by atoms with van der Waals surface area (Å²) in [7, 11) is 2.94. The lowest BCUT2D eigenvalue weighted by Crippen LogP contribution is -2.27. The van der Waals surface area contributed by atoms with E-state index in [1.807, 2.05) is 159 Å². The zero-order chi connectivity index (χ0) is 60.3. The van der Waals surface area contributed by atoms with Crippen molar-refractivity contribution in [2.24, 2.45) is 0 Å². The summed E-state index contributed by atoms with van der Waals surface area (Å²) in [5.74, 6) is 1.63. The van der Waals surface area contributed by atoms with Crippen LogP contribution in [0.5, 0.6) is 11.5 Å². The third-order valence-electron chi connectivity index (χ3n) is 14.0. The van der Waals surface area contributed by atoms with Crippen LogP contribution in [-0.2, 0) is 19.6 Å². The maximum Gasteiger partial charge on any atom is 0.269 e. The summed E-state index contributed by atoms with van der Waals surface area (Å²) in [6.07, 6.45) is 4.83. The molecule has 0 spiro atoms. The van der Waals surface area contributed by atoms with Crippen LogP contribution in [0.4, 0.5) is 45.5 Å². The Morgan fingerprint density at radius 2 is 0.882 bits per heavy atom. The van der Waals surface area contributed by atoms with Crippen molar-refractivity contribution in [2.75, 3.05) is 37.2 Å². The monoisotopic (exact) mass is 1130 g/mol. The van der Waals surface area contributed by atoms with Gasteiger partial charge in [0.25, 0.3) is 5.53 Å². The fraction of sp³-hybridized carbons (Fsp3) is 0.125. The van der Waals surface area contributed by atoms with Gasteiger partial charge in [0.15, 0.2) is 0 Å². The number of hydrogen-bond donors (Lipinski definition) is 0. The number of anilines is 6. The third kappa shape index (κ3) is 13.6. The van der Waals surface area contributed by atoms with E-state index >= 15 is 0 Å². The molecule has 0 radical (unpaired) electrons. The molecule has 13 heteroatoms. The van der Waals surface area contributed by atoms with Gasteiger partial charge in [-0.05, 0) is 181 Å². The normalized spacial score (nSPS) is 10.8. The molecule has 0 amide bonds. The molecule has 0 unspecified atom stereocenters. The number of aldehydes is 1. The molecule has 0 saturated carbocycles. The highest BCUT2D eigenvalue weighted by atomic mass is 31.1. The van der Waals surface area contributed by atoms with E-state index in [2.05, 4.69) is 80.2 Å². The first kappa shape index (κ1) is 60.4. The van der Waals surface area contributed by atoms with Crippen molar-refractivity contribution in [3.8, 4) is 23.6 Å². The Morgan fingerprint density at radius 3 is 1.27 bits per heavy atom. The van der Waals surface area contributed by atoms with Crippen molar-refractivity contribution in [3.63, 3.8) is 0 Å². The first-order valence-electron chi connectivity index (χ1n) is 27.1. The van der Waals surface area contributed by atoms with Gasteiger partial charge in [-0.1, -0.05) is 109 Å². The number of nitrogens with zero attached hydrogens (tertiary/aromatic N) is 6. The lowest BCUT2D eigenvalue weighted by molar-refractivity contribution is -0.176. The van der Waals surface area contributed by atoms with E-state index in [1.54, 1.807) is 52.3 Å². The summed E-state index contributed by atoms with van der Waals surface area (Å²) in [4.78, 5) is 22.6.